The highest BCUT2D eigenvalue weighted by atomic mass is 79.9. The highest BCUT2D eigenvalue weighted by Crippen LogP contribution is 2.23. The Bertz CT molecular complexity index is 542. The highest BCUT2D eigenvalue weighted by molar-refractivity contribution is 9.10. The summed E-state index contributed by atoms with van der Waals surface area (Å²) >= 11 is 3.22. The summed E-state index contributed by atoms with van der Waals surface area (Å²) in [5.41, 5.74) is 0.263. The predicted molar refractivity (Wildman–Crippen MR) is 83.4 cm³/mol. The second-order valence-corrected chi connectivity index (χ2v) is 6.12. The lowest BCUT2D eigenvalue weighted by Crippen LogP contribution is -2.37. The van der Waals surface area contributed by atoms with E-state index in [-0.39, 0.29) is 17.6 Å². The molecular weight excluding hydrogens is 338 g/mol. The van der Waals surface area contributed by atoms with Gasteiger partial charge in [0.2, 0.25) is 0 Å². The molecule has 1 fully saturated rings. The molecular formula is C14H18BrN3O3. The summed E-state index contributed by atoms with van der Waals surface area (Å²) in [7, 11) is 1.77. The van der Waals surface area contributed by atoms with Gasteiger partial charge in [-0.05, 0) is 38.4 Å². The van der Waals surface area contributed by atoms with Crippen molar-refractivity contribution in [2.45, 2.75) is 25.3 Å². The van der Waals surface area contributed by atoms with E-state index in [9.17, 15) is 14.9 Å². The zero-order chi connectivity index (χ0) is 15.4. The van der Waals surface area contributed by atoms with Crippen LogP contribution in [0.25, 0.3) is 0 Å². The van der Waals surface area contributed by atoms with Gasteiger partial charge in [0.05, 0.1) is 4.92 Å². The number of halogens is 1. The van der Waals surface area contributed by atoms with Gasteiger partial charge in [0.25, 0.3) is 11.6 Å². The maximum atomic E-state index is 12.5. The summed E-state index contributed by atoms with van der Waals surface area (Å²) in [4.78, 5) is 24.7. The van der Waals surface area contributed by atoms with Gasteiger partial charge in [0, 0.05) is 35.3 Å². The van der Waals surface area contributed by atoms with Crippen molar-refractivity contribution >= 4 is 27.5 Å². The summed E-state index contributed by atoms with van der Waals surface area (Å²) in [6, 6.07) is 4.52. The molecule has 7 heteroatoms. The number of rotatable bonds is 3. The second kappa shape index (κ2) is 7.00. The molecule has 6 nitrogen and oxygen atoms in total. The molecule has 1 N–H and O–H groups in total. The Morgan fingerprint density at radius 2 is 2.14 bits per heavy atom. The first-order chi connectivity index (χ1) is 9.99. The van der Waals surface area contributed by atoms with Gasteiger partial charge in [-0.3, -0.25) is 14.9 Å². The molecule has 0 saturated carbocycles. The number of benzene rings is 1. The number of hydrogen-bond donors (Lipinski definition) is 1. The summed E-state index contributed by atoms with van der Waals surface area (Å²) in [6.07, 6.45) is 2.88. The molecule has 0 aliphatic carbocycles. The van der Waals surface area contributed by atoms with Crippen molar-refractivity contribution in [3.63, 3.8) is 0 Å². The first-order valence-corrected chi connectivity index (χ1v) is 7.71. The van der Waals surface area contributed by atoms with Crippen molar-refractivity contribution in [3.05, 3.63) is 38.3 Å². The van der Waals surface area contributed by atoms with Gasteiger partial charge in [-0.1, -0.05) is 15.9 Å². The number of nitro benzene ring substituents is 1. The molecule has 1 saturated heterocycles. The zero-order valence-electron chi connectivity index (χ0n) is 11.8. The number of carbonyl (C=O) groups excluding carboxylic acids is 1. The minimum Gasteiger partial charge on any atom is -0.339 e. The Morgan fingerprint density at radius 3 is 2.86 bits per heavy atom. The molecule has 1 unspecified atom stereocenters. The minimum absolute atomic E-state index is 0.0799. The Morgan fingerprint density at radius 1 is 1.38 bits per heavy atom. The molecule has 1 amide bonds. The fourth-order valence-electron chi connectivity index (χ4n) is 2.56. The van der Waals surface area contributed by atoms with E-state index < -0.39 is 4.92 Å². The Kier molecular flexibility index (Phi) is 5.30. The van der Waals surface area contributed by atoms with E-state index in [1.807, 2.05) is 0 Å². The lowest BCUT2D eigenvalue weighted by atomic mass is 10.1. The molecule has 1 aliphatic rings. The number of non-ortho nitro benzene ring substituents is 1. The van der Waals surface area contributed by atoms with E-state index in [0.717, 1.165) is 32.4 Å². The van der Waals surface area contributed by atoms with Gasteiger partial charge in [0.1, 0.15) is 0 Å². The molecule has 114 valence electrons. The van der Waals surface area contributed by atoms with Crippen LogP contribution in [0.1, 0.15) is 29.6 Å². The number of amides is 1. The first-order valence-electron chi connectivity index (χ1n) is 6.92. The molecule has 1 aliphatic heterocycles. The molecule has 1 atom stereocenters. The van der Waals surface area contributed by atoms with Crippen LogP contribution < -0.4 is 5.32 Å². The van der Waals surface area contributed by atoms with Gasteiger partial charge >= 0.3 is 0 Å². The summed E-state index contributed by atoms with van der Waals surface area (Å²) in [5, 5.41) is 14.2. The fraction of sp³-hybridized carbons (Fsp3) is 0.500. The van der Waals surface area contributed by atoms with Crippen LogP contribution in [0.2, 0.25) is 0 Å². The van der Waals surface area contributed by atoms with Gasteiger partial charge < -0.3 is 10.2 Å². The van der Waals surface area contributed by atoms with Crippen LogP contribution in [-0.4, -0.2) is 41.9 Å². The van der Waals surface area contributed by atoms with E-state index in [0.29, 0.717) is 10.0 Å². The third kappa shape index (κ3) is 4.01. The third-order valence-corrected chi connectivity index (χ3v) is 4.21. The number of carbonyl (C=O) groups is 1. The lowest BCUT2D eigenvalue weighted by molar-refractivity contribution is -0.385. The van der Waals surface area contributed by atoms with Gasteiger partial charge in [-0.15, -0.1) is 0 Å². The molecule has 2 rings (SSSR count). The lowest BCUT2D eigenvalue weighted by Gasteiger charge is -2.27. The maximum Gasteiger partial charge on any atom is 0.271 e. The number of nitrogens with one attached hydrogen (secondary N) is 1. The van der Waals surface area contributed by atoms with E-state index >= 15 is 0 Å². The topological polar surface area (TPSA) is 75.5 Å². The van der Waals surface area contributed by atoms with Crippen LogP contribution in [0.4, 0.5) is 5.69 Å². The van der Waals surface area contributed by atoms with Gasteiger partial charge in [0.15, 0.2) is 0 Å². The fourth-order valence-corrected chi connectivity index (χ4v) is 3.04. The summed E-state index contributed by atoms with van der Waals surface area (Å²) in [6.45, 7) is 1.86. The average molecular weight is 356 g/mol. The first kappa shape index (κ1) is 15.9. The summed E-state index contributed by atoms with van der Waals surface area (Å²) < 4.78 is 0.538. The minimum atomic E-state index is -0.489. The number of nitro groups is 1. The van der Waals surface area contributed by atoms with Crippen LogP contribution >= 0.6 is 15.9 Å². The van der Waals surface area contributed by atoms with Crippen LogP contribution in [0.3, 0.4) is 0 Å². The molecule has 1 aromatic rings. The molecule has 1 heterocycles. The Balaban J connectivity index is 2.20. The maximum absolute atomic E-state index is 12.5. The van der Waals surface area contributed by atoms with Crippen LogP contribution in [0.5, 0.6) is 0 Å². The van der Waals surface area contributed by atoms with Crippen molar-refractivity contribution < 1.29 is 9.72 Å². The van der Waals surface area contributed by atoms with Crippen molar-refractivity contribution in [1.29, 1.82) is 0 Å². The third-order valence-electron chi connectivity index (χ3n) is 3.75. The van der Waals surface area contributed by atoms with Crippen molar-refractivity contribution in [2.24, 2.45) is 0 Å². The van der Waals surface area contributed by atoms with Crippen molar-refractivity contribution in [1.82, 2.24) is 10.2 Å². The van der Waals surface area contributed by atoms with Gasteiger partial charge in [-0.25, -0.2) is 0 Å². The number of hydrogen-bond acceptors (Lipinski definition) is 4. The molecule has 0 bridgehead atoms. The van der Waals surface area contributed by atoms with Gasteiger partial charge in [-0.2, -0.15) is 0 Å². The van der Waals surface area contributed by atoms with E-state index in [1.165, 1.54) is 12.1 Å². The molecule has 0 spiro atoms. The van der Waals surface area contributed by atoms with Crippen molar-refractivity contribution in [2.75, 3.05) is 20.1 Å². The van der Waals surface area contributed by atoms with E-state index in [4.69, 9.17) is 0 Å². The molecule has 0 aromatic heterocycles. The van der Waals surface area contributed by atoms with Crippen LogP contribution in [0, 0.1) is 10.1 Å². The largest absolute Gasteiger partial charge is 0.339 e. The molecule has 1 aromatic carbocycles. The number of nitrogens with zero attached hydrogens (tertiary/aromatic N) is 2. The SMILES string of the molecule is CN(C(=O)c1cc(Br)cc([N+](=O)[O-])c1)C1CCCNCC1. The zero-order valence-corrected chi connectivity index (χ0v) is 13.4. The highest BCUT2D eigenvalue weighted by Gasteiger charge is 2.23. The standard InChI is InChI=1S/C14H18BrN3O3/c1-17(12-3-2-5-16-6-4-12)14(19)10-7-11(15)9-13(8-10)18(20)21/h7-9,12,16H,2-6H2,1H3. The summed E-state index contributed by atoms with van der Waals surface area (Å²) in [5.74, 6) is -0.175. The normalized spacial score (nSPS) is 18.9. The van der Waals surface area contributed by atoms with E-state index in [1.54, 1.807) is 18.0 Å². The molecule has 0 radical (unpaired) electrons. The Hall–Kier alpha value is -1.47. The molecule has 21 heavy (non-hydrogen) atoms. The van der Waals surface area contributed by atoms with Crippen molar-refractivity contribution in [3.8, 4) is 0 Å². The van der Waals surface area contributed by atoms with E-state index in [2.05, 4.69) is 21.2 Å². The quantitative estimate of drug-likeness (QED) is 0.667. The van der Waals surface area contributed by atoms with Crippen LogP contribution in [0.15, 0.2) is 22.7 Å². The average Bonchev–Trinajstić information content (AvgIpc) is 2.74. The predicted octanol–water partition coefficient (Wildman–Crippen LogP) is 2.57. The van der Waals surface area contributed by atoms with Crippen LogP contribution in [-0.2, 0) is 0 Å². The second-order valence-electron chi connectivity index (χ2n) is 5.21. The Labute approximate surface area is 131 Å². The monoisotopic (exact) mass is 355 g/mol. The smallest absolute Gasteiger partial charge is 0.271 e.